The topological polar surface area (TPSA) is 52.2 Å². The van der Waals surface area contributed by atoms with Crippen molar-refractivity contribution in [2.45, 2.75) is 13.5 Å². The van der Waals surface area contributed by atoms with Gasteiger partial charge in [0.2, 0.25) is 0 Å². The van der Waals surface area contributed by atoms with Crippen LogP contribution < -0.4 is 5.56 Å². The zero-order chi connectivity index (χ0) is 26.2. The number of hydrogen-bond donors (Lipinski definition) is 0. The summed E-state index contributed by atoms with van der Waals surface area (Å²) < 4.78 is 3.61. The van der Waals surface area contributed by atoms with E-state index in [0.717, 1.165) is 33.3 Å². The first kappa shape index (κ1) is 24.2. The second kappa shape index (κ2) is 9.93. The van der Waals surface area contributed by atoms with Crippen molar-refractivity contribution in [3.63, 3.8) is 0 Å². The molecule has 186 valence electrons. The van der Waals surface area contributed by atoms with Crippen molar-refractivity contribution >= 4 is 51.2 Å². The van der Waals surface area contributed by atoms with Gasteiger partial charge in [-0.05, 0) is 42.8 Å². The van der Waals surface area contributed by atoms with Crippen molar-refractivity contribution < 1.29 is 0 Å². The van der Waals surface area contributed by atoms with E-state index >= 15 is 0 Å². The smallest absolute Gasteiger partial charge is 0.282 e. The molecule has 5 nitrogen and oxygen atoms in total. The number of nitrogens with zero attached hydrogens (tertiary/aromatic N) is 4. The Bertz CT molecular complexity index is 1910. The zero-order valence-electron chi connectivity index (χ0n) is 20.5. The van der Waals surface area contributed by atoms with Crippen LogP contribution in [-0.2, 0) is 6.54 Å². The van der Waals surface area contributed by atoms with E-state index in [1.165, 1.54) is 4.68 Å². The lowest BCUT2D eigenvalue weighted by molar-refractivity contribution is 0.802. The number of rotatable bonds is 5. The van der Waals surface area contributed by atoms with Crippen molar-refractivity contribution in [3.05, 3.63) is 134 Å². The van der Waals surface area contributed by atoms with Crippen LogP contribution in [0.5, 0.6) is 0 Å². The Labute approximate surface area is 229 Å². The number of halogens is 2. The molecule has 0 amide bonds. The molecule has 2 aromatic heterocycles. The molecule has 0 radical (unpaired) electrons. The van der Waals surface area contributed by atoms with Gasteiger partial charge in [-0.1, -0.05) is 89.9 Å². The van der Waals surface area contributed by atoms with E-state index in [4.69, 9.17) is 33.3 Å². The summed E-state index contributed by atoms with van der Waals surface area (Å²) in [4.78, 5) is 18.4. The summed E-state index contributed by atoms with van der Waals surface area (Å²) in [5.41, 5.74) is 5.27. The van der Waals surface area contributed by atoms with Crippen molar-refractivity contribution in [2.24, 2.45) is 5.10 Å². The standard InChI is InChI=1S/C31H22Cl2N4O/c1-20-25(23-11-6-8-14-29(23)36(20)19-21-15-16-26(32)27(33)17-21)18-34-37-30(22-9-3-2-4-10-22)35-28-13-7-5-12-24(28)31(37)38/h2-18H,19H2,1H3. The molecule has 0 saturated carbocycles. The summed E-state index contributed by atoms with van der Waals surface area (Å²) in [7, 11) is 0. The van der Waals surface area contributed by atoms with Gasteiger partial charge in [-0.15, -0.1) is 0 Å². The minimum atomic E-state index is -0.220. The molecule has 6 aromatic rings. The largest absolute Gasteiger partial charge is 0.340 e. The Morgan fingerprint density at radius 3 is 2.34 bits per heavy atom. The normalized spacial score (nSPS) is 11.7. The Hall–Kier alpha value is -4.19. The first-order valence-corrected chi connectivity index (χ1v) is 12.9. The van der Waals surface area contributed by atoms with E-state index in [9.17, 15) is 4.79 Å². The highest BCUT2D eigenvalue weighted by molar-refractivity contribution is 6.42. The molecule has 2 heterocycles. The maximum absolute atomic E-state index is 13.6. The molecule has 0 bridgehead atoms. The van der Waals surface area contributed by atoms with Crippen LogP contribution >= 0.6 is 23.2 Å². The fourth-order valence-corrected chi connectivity index (χ4v) is 5.09. The van der Waals surface area contributed by atoms with Crippen LogP contribution in [0.4, 0.5) is 0 Å². The van der Waals surface area contributed by atoms with Crippen LogP contribution in [0.3, 0.4) is 0 Å². The highest BCUT2D eigenvalue weighted by Gasteiger charge is 2.15. The summed E-state index contributed by atoms with van der Waals surface area (Å²) >= 11 is 12.4. The van der Waals surface area contributed by atoms with E-state index < -0.39 is 0 Å². The molecule has 0 N–H and O–H groups in total. The maximum Gasteiger partial charge on any atom is 0.282 e. The average Bonchev–Trinajstić information content (AvgIpc) is 3.21. The molecule has 0 unspecified atom stereocenters. The molecule has 6 rings (SSSR count). The monoisotopic (exact) mass is 536 g/mol. The summed E-state index contributed by atoms with van der Waals surface area (Å²) in [6.45, 7) is 2.67. The molecule has 0 aliphatic rings. The molecule has 0 aliphatic carbocycles. The molecular weight excluding hydrogens is 515 g/mol. The van der Waals surface area contributed by atoms with Gasteiger partial charge in [-0.2, -0.15) is 9.78 Å². The van der Waals surface area contributed by atoms with Crippen molar-refractivity contribution in [1.82, 2.24) is 14.2 Å². The highest BCUT2D eigenvalue weighted by Crippen LogP contribution is 2.28. The third kappa shape index (κ3) is 4.30. The van der Waals surface area contributed by atoms with Gasteiger partial charge in [0.05, 0.1) is 27.2 Å². The number of benzene rings is 4. The lowest BCUT2D eigenvalue weighted by atomic mass is 10.1. The van der Waals surface area contributed by atoms with Crippen molar-refractivity contribution in [3.8, 4) is 11.4 Å². The summed E-state index contributed by atoms with van der Waals surface area (Å²) in [6.07, 6.45) is 1.76. The van der Waals surface area contributed by atoms with Crippen LogP contribution in [0.2, 0.25) is 10.0 Å². The van der Waals surface area contributed by atoms with Crippen molar-refractivity contribution in [2.75, 3.05) is 0 Å². The predicted octanol–water partition coefficient (Wildman–Crippen LogP) is 7.56. The Morgan fingerprint density at radius 2 is 1.55 bits per heavy atom. The van der Waals surface area contributed by atoms with Gasteiger partial charge in [0.25, 0.3) is 5.56 Å². The van der Waals surface area contributed by atoms with Crippen LogP contribution in [-0.4, -0.2) is 20.4 Å². The van der Waals surface area contributed by atoms with E-state index in [2.05, 4.69) is 23.6 Å². The molecule has 0 fully saturated rings. The predicted molar refractivity (Wildman–Crippen MR) is 157 cm³/mol. The van der Waals surface area contributed by atoms with Crippen molar-refractivity contribution in [1.29, 1.82) is 0 Å². The maximum atomic E-state index is 13.6. The average molecular weight is 537 g/mol. The fourth-order valence-electron chi connectivity index (χ4n) is 4.77. The van der Waals surface area contributed by atoms with Gasteiger partial charge in [-0.25, -0.2) is 4.98 Å². The third-order valence-corrected chi connectivity index (χ3v) is 7.43. The van der Waals surface area contributed by atoms with Crippen LogP contribution in [0, 0.1) is 6.92 Å². The molecular formula is C31H22Cl2N4O. The second-order valence-corrected chi connectivity index (χ2v) is 9.85. The number of fused-ring (bicyclic) bond motifs is 2. The fraction of sp³-hybridized carbons (Fsp3) is 0.0645. The molecule has 0 saturated heterocycles. The lowest BCUT2D eigenvalue weighted by Crippen LogP contribution is -2.20. The quantitative estimate of drug-likeness (QED) is 0.213. The van der Waals surface area contributed by atoms with Crippen LogP contribution in [0.1, 0.15) is 16.8 Å². The van der Waals surface area contributed by atoms with E-state index in [1.54, 1.807) is 12.3 Å². The molecule has 38 heavy (non-hydrogen) atoms. The Kier molecular flexibility index (Phi) is 6.32. The first-order chi connectivity index (χ1) is 18.5. The molecule has 0 spiro atoms. The first-order valence-electron chi connectivity index (χ1n) is 12.1. The molecule has 0 aliphatic heterocycles. The minimum absolute atomic E-state index is 0.220. The Morgan fingerprint density at radius 1 is 0.842 bits per heavy atom. The van der Waals surface area contributed by atoms with E-state index in [0.29, 0.717) is 33.3 Å². The number of para-hydroxylation sites is 2. The third-order valence-electron chi connectivity index (χ3n) is 6.69. The molecule has 4 aromatic carbocycles. The molecule has 7 heteroatoms. The van der Waals surface area contributed by atoms with Gasteiger partial charge < -0.3 is 4.57 Å². The zero-order valence-corrected chi connectivity index (χ0v) is 22.0. The van der Waals surface area contributed by atoms with Gasteiger partial charge in [0, 0.05) is 34.3 Å². The van der Waals surface area contributed by atoms with Gasteiger partial charge >= 0.3 is 0 Å². The number of aromatic nitrogens is 3. The second-order valence-electron chi connectivity index (χ2n) is 9.03. The van der Waals surface area contributed by atoms with Crippen LogP contribution in [0.15, 0.2) is 107 Å². The lowest BCUT2D eigenvalue weighted by Gasteiger charge is -2.10. The SMILES string of the molecule is Cc1c(C=Nn2c(-c3ccccc3)nc3ccccc3c2=O)c2ccccc2n1Cc1ccc(Cl)c(Cl)c1. The number of hydrogen-bond acceptors (Lipinski definition) is 3. The van der Waals surface area contributed by atoms with Gasteiger partial charge in [0.1, 0.15) is 0 Å². The van der Waals surface area contributed by atoms with E-state index in [1.807, 2.05) is 78.9 Å². The van der Waals surface area contributed by atoms with Gasteiger partial charge in [-0.3, -0.25) is 4.79 Å². The van der Waals surface area contributed by atoms with Crippen LogP contribution in [0.25, 0.3) is 33.2 Å². The summed E-state index contributed by atoms with van der Waals surface area (Å²) in [5.74, 6) is 0.489. The van der Waals surface area contributed by atoms with E-state index in [-0.39, 0.29) is 5.56 Å². The minimum Gasteiger partial charge on any atom is -0.340 e. The Balaban J connectivity index is 1.51. The van der Waals surface area contributed by atoms with Gasteiger partial charge in [0.15, 0.2) is 5.82 Å². The summed E-state index contributed by atoms with van der Waals surface area (Å²) in [6, 6.07) is 30.8. The summed E-state index contributed by atoms with van der Waals surface area (Å²) in [5, 5.41) is 7.33. The highest BCUT2D eigenvalue weighted by atomic mass is 35.5. The molecule has 0 atom stereocenters.